The fraction of sp³-hybridized carbons (Fsp3) is 1.00. The molecule has 0 aromatic heterocycles. The summed E-state index contributed by atoms with van der Waals surface area (Å²) < 4.78 is 33.5. The summed E-state index contributed by atoms with van der Waals surface area (Å²) in [4.78, 5) is 0. The van der Waals surface area contributed by atoms with Crippen molar-refractivity contribution in [2.24, 2.45) is 0 Å². The van der Waals surface area contributed by atoms with Gasteiger partial charge in [0.15, 0.2) is 0 Å². The molecule has 102 valence electrons. The van der Waals surface area contributed by atoms with Gasteiger partial charge in [0, 0.05) is 19.1 Å². The Labute approximate surface area is 103 Å². The van der Waals surface area contributed by atoms with E-state index in [-0.39, 0.29) is 18.8 Å². The maximum Gasteiger partial charge on any atom is 0.279 e. The van der Waals surface area contributed by atoms with Crippen LogP contribution < -0.4 is 4.72 Å². The summed E-state index contributed by atoms with van der Waals surface area (Å²) in [7, 11) is -3.53. The molecule has 1 saturated heterocycles. The van der Waals surface area contributed by atoms with Crippen LogP contribution in [-0.2, 0) is 14.9 Å². The van der Waals surface area contributed by atoms with Gasteiger partial charge in [-0.3, -0.25) is 0 Å². The van der Waals surface area contributed by atoms with Crippen LogP contribution in [-0.4, -0.2) is 55.8 Å². The lowest BCUT2D eigenvalue weighted by Gasteiger charge is -2.35. The van der Waals surface area contributed by atoms with Gasteiger partial charge in [-0.15, -0.1) is 0 Å². The van der Waals surface area contributed by atoms with Crippen molar-refractivity contribution in [3.8, 4) is 0 Å². The molecule has 1 fully saturated rings. The van der Waals surface area contributed by atoms with Crippen LogP contribution in [0.4, 0.5) is 0 Å². The quantitative estimate of drug-likeness (QED) is 0.716. The van der Waals surface area contributed by atoms with Crippen LogP contribution in [0.15, 0.2) is 0 Å². The highest BCUT2D eigenvalue weighted by atomic mass is 32.2. The zero-order valence-corrected chi connectivity index (χ0v) is 11.4. The van der Waals surface area contributed by atoms with Gasteiger partial charge in [0.25, 0.3) is 10.2 Å². The van der Waals surface area contributed by atoms with E-state index in [0.717, 1.165) is 0 Å². The van der Waals surface area contributed by atoms with Crippen molar-refractivity contribution in [3.05, 3.63) is 0 Å². The van der Waals surface area contributed by atoms with Gasteiger partial charge in [0.05, 0.1) is 18.8 Å². The zero-order chi connectivity index (χ0) is 13.1. The van der Waals surface area contributed by atoms with Crippen LogP contribution in [0, 0.1) is 0 Å². The van der Waals surface area contributed by atoms with Crippen molar-refractivity contribution < 1.29 is 18.3 Å². The molecule has 7 heteroatoms. The van der Waals surface area contributed by atoms with E-state index in [0.29, 0.717) is 19.5 Å². The minimum atomic E-state index is -3.53. The molecule has 0 aromatic rings. The predicted molar refractivity (Wildman–Crippen MR) is 64.8 cm³/mol. The maximum absolute atomic E-state index is 12.1. The summed E-state index contributed by atoms with van der Waals surface area (Å²) in [5.41, 5.74) is 0. The zero-order valence-electron chi connectivity index (χ0n) is 10.6. The summed E-state index contributed by atoms with van der Waals surface area (Å²) in [6.45, 7) is 6.03. The maximum atomic E-state index is 12.1. The number of morpholine rings is 1. The van der Waals surface area contributed by atoms with E-state index in [1.807, 2.05) is 20.8 Å². The fourth-order valence-electron chi connectivity index (χ4n) is 1.86. The number of rotatable bonds is 5. The first-order chi connectivity index (χ1) is 7.89. The Morgan fingerprint density at radius 3 is 2.35 bits per heavy atom. The molecular formula is C10H22N2O4S. The molecule has 0 radical (unpaired) electrons. The van der Waals surface area contributed by atoms with Crippen molar-refractivity contribution in [2.75, 3.05) is 19.7 Å². The number of ether oxygens (including phenoxy) is 1. The van der Waals surface area contributed by atoms with Crippen LogP contribution in [0.3, 0.4) is 0 Å². The predicted octanol–water partition coefficient (Wildman–Crippen LogP) is -0.299. The molecule has 17 heavy (non-hydrogen) atoms. The molecular weight excluding hydrogens is 244 g/mol. The van der Waals surface area contributed by atoms with Crippen molar-refractivity contribution in [2.45, 2.75) is 45.4 Å². The molecule has 0 aliphatic carbocycles. The van der Waals surface area contributed by atoms with Crippen molar-refractivity contribution >= 4 is 10.2 Å². The molecule has 0 aromatic carbocycles. The molecule has 0 spiro atoms. The topological polar surface area (TPSA) is 78.9 Å². The van der Waals surface area contributed by atoms with E-state index in [2.05, 4.69) is 4.72 Å². The summed E-state index contributed by atoms with van der Waals surface area (Å²) in [6, 6.07) is -0.423. The minimum Gasteiger partial charge on any atom is -0.395 e. The van der Waals surface area contributed by atoms with Gasteiger partial charge in [-0.25, -0.2) is 0 Å². The summed E-state index contributed by atoms with van der Waals surface area (Å²) in [6.07, 6.45) is 0.347. The molecule has 1 rings (SSSR count). The highest BCUT2D eigenvalue weighted by Gasteiger charge is 2.31. The minimum absolute atomic E-state index is 0.107. The third-order valence-corrected chi connectivity index (χ3v) is 4.36. The molecule has 3 atom stereocenters. The Kier molecular flexibility index (Phi) is 5.33. The Bertz CT molecular complexity index is 319. The Morgan fingerprint density at radius 2 is 1.94 bits per heavy atom. The number of nitrogens with one attached hydrogen (secondary N) is 1. The van der Waals surface area contributed by atoms with Gasteiger partial charge in [0.1, 0.15) is 0 Å². The summed E-state index contributed by atoms with van der Waals surface area (Å²) in [5.74, 6) is 0. The Balaban J connectivity index is 2.69. The van der Waals surface area contributed by atoms with Crippen LogP contribution in [0.25, 0.3) is 0 Å². The van der Waals surface area contributed by atoms with E-state index in [1.165, 1.54) is 4.31 Å². The molecule has 6 nitrogen and oxygen atoms in total. The Morgan fingerprint density at radius 1 is 1.41 bits per heavy atom. The van der Waals surface area contributed by atoms with Crippen LogP contribution in [0.2, 0.25) is 0 Å². The van der Waals surface area contributed by atoms with Crippen LogP contribution >= 0.6 is 0 Å². The van der Waals surface area contributed by atoms with Crippen molar-refractivity contribution in [1.82, 2.24) is 9.03 Å². The lowest BCUT2D eigenvalue weighted by molar-refractivity contribution is -0.0445. The van der Waals surface area contributed by atoms with E-state index in [4.69, 9.17) is 9.84 Å². The van der Waals surface area contributed by atoms with Gasteiger partial charge in [-0.05, 0) is 20.3 Å². The summed E-state index contributed by atoms with van der Waals surface area (Å²) >= 11 is 0. The molecule has 1 heterocycles. The lowest BCUT2D eigenvalue weighted by Crippen LogP contribution is -2.54. The molecule has 0 amide bonds. The first-order valence-corrected chi connectivity index (χ1v) is 7.36. The smallest absolute Gasteiger partial charge is 0.279 e. The van der Waals surface area contributed by atoms with E-state index < -0.39 is 16.3 Å². The van der Waals surface area contributed by atoms with Gasteiger partial charge >= 0.3 is 0 Å². The average Bonchev–Trinajstić information content (AvgIpc) is 2.24. The second-order valence-corrected chi connectivity index (χ2v) is 6.19. The largest absolute Gasteiger partial charge is 0.395 e. The second-order valence-electron chi connectivity index (χ2n) is 4.48. The lowest BCUT2D eigenvalue weighted by atomic mass is 10.3. The first-order valence-electron chi connectivity index (χ1n) is 5.92. The molecule has 0 saturated carbocycles. The number of hydrogen-bond acceptors (Lipinski definition) is 4. The molecule has 0 bridgehead atoms. The third kappa shape index (κ3) is 4.18. The highest BCUT2D eigenvalue weighted by molar-refractivity contribution is 7.87. The number of nitrogens with zero attached hydrogens (tertiary/aromatic N) is 1. The average molecular weight is 266 g/mol. The molecule has 3 unspecified atom stereocenters. The van der Waals surface area contributed by atoms with Crippen LogP contribution in [0.5, 0.6) is 0 Å². The molecule has 1 aliphatic rings. The van der Waals surface area contributed by atoms with Crippen molar-refractivity contribution in [1.29, 1.82) is 0 Å². The second kappa shape index (κ2) is 6.10. The highest BCUT2D eigenvalue weighted by Crippen LogP contribution is 2.14. The standard InChI is InChI=1S/C10H22N2O4S/c1-4-10(7-13)11-17(14,15)12-5-8(2)16-9(3)6-12/h8-11,13H,4-7H2,1-3H3. The van der Waals surface area contributed by atoms with Crippen molar-refractivity contribution in [3.63, 3.8) is 0 Å². The summed E-state index contributed by atoms with van der Waals surface area (Å²) in [5, 5.41) is 9.02. The molecule has 1 aliphatic heterocycles. The van der Waals surface area contributed by atoms with E-state index in [1.54, 1.807) is 0 Å². The first kappa shape index (κ1) is 14.8. The van der Waals surface area contributed by atoms with Gasteiger partial charge in [0.2, 0.25) is 0 Å². The van der Waals surface area contributed by atoms with Gasteiger partial charge in [-0.1, -0.05) is 6.92 Å². The van der Waals surface area contributed by atoms with E-state index >= 15 is 0 Å². The van der Waals surface area contributed by atoms with E-state index in [9.17, 15) is 8.42 Å². The van der Waals surface area contributed by atoms with Gasteiger partial charge < -0.3 is 9.84 Å². The fourth-order valence-corrected chi connectivity index (χ4v) is 3.49. The van der Waals surface area contributed by atoms with Crippen LogP contribution in [0.1, 0.15) is 27.2 Å². The normalized spacial score (nSPS) is 29.2. The monoisotopic (exact) mass is 266 g/mol. The third-order valence-electron chi connectivity index (χ3n) is 2.75. The number of aliphatic hydroxyl groups excluding tert-OH is 1. The SMILES string of the molecule is CCC(CO)NS(=O)(=O)N1CC(C)OC(C)C1. The Hall–Kier alpha value is -0.210. The number of hydrogen-bond donors (Lipinski definition) is 2. The van der Waals surface area contributed by atoms with Gasteiger partial charge in [-0.2, -0.15) is 17.4 Å². The molecule has 2 N–H and O–H groups in total. The number of aliphatic hydroxyl groups is 1.